The Morgan fingerprint density at radius 2 is 1.79 bits per heavy atom. The number of carbonyl (C=O) groups excluding carboxylic acids is 2. The lowest BCUT2D eigenvalue weighted by molar-refractivity contribution is -0.121. The second-order valence-corrected chi connectivity index (χ2v) is 7.16. The molecule has 0 saturated heterocycles. The molecular formula is C20H22BrN3O4. The summed E-state index contributed by atoms with van der Waals surface area (Å²) in [5.74, 6) is 1.20. The van der Waals surface area contributed by atoms with E-state index >= 15 is 0 Å². The van der Waals surface area contributed by atoms with Crippen LogP contribution in [0.15, 0.2) is 46.9 Å². The lowest BCUT2D eigenvalue weighted by atomic mass is 10.1. The van der Waals surface area contributed by atoms with Crippen LogP contribution in [0.1, 0.15) is 24.9 Å². The minimum Gasteiger partial charge on any atom is -0.486 e. The van der Waals surface area contributed by atoms with E-state index in [9.17, 15) is 9.59 Å². The van der Waals surface area contributed by atoms with Gasteiger partial charge in [0.25, 0.3) is 0 Å². The molecule has 148 valence electrons. The molecule has 1 heterocycles. The third kappa shape index (κ3) is 5.39. The molecule has 1 atom stereocenters. The number of para-hydroxylation sites is 1. The lowest BCUT2D eigenvalue weighted by Gasteiger charge is -2.22. The van der Waals surface area contributed by atoms with Gasteiger partial charge < -0.3 is 25.4 Å². The van der Waals surface area contributed by atoms with Crippen LogP contribution in [-0.2, 0) is 4.79 Å². The van der Waals surface area contributed by atoms with Crippen molar-refractivity contribution in [2.24, 2.45) is 0 Å². The molecule has 1 unspecified atom stereocenters. The Kier molecular flexibility index (Phi) is 6.76. The number of nitrogens with one attached hydrogen (secondary N) is 3. The van der Waals surface area contributed by atoms with E-state index in [0.29, 0.717) is 30.4 Å². The molecule has 0 aromatic heterocycles. The van der Waals surface area contributed by atoms with Gasteiger partial charge in [-0.25, -0.2) is 4.79 Å². The van der Waals surface area contributed by atoms with Crippen molar-refractivity contribution in [2.45, 2.75) is 19.4 Å². The summed E-state index contributed by atoms with van der Waals surface area (Å²) in [6, 6.07) is 12.3. The van der Waals surface area contributed by atoms with Crippen LogP contribution in [0.5, 0.6) is 11.5 Å². The summed E-state index contributed by atoms with van der Waals surface area (Å²) in [7, 11) is 0. The van der Waals surface area contributed by atoms with E-state index in [4.69, 9.17) is 9.47 Å². The van der Waals surface area contributed by atoms with Crippen LogP contribution in [0.25, 0.3) is 0 Å². The smallest absolute Gasteiger partial charge is 0.319 e. The van der Waals surface area contributed by atoms with E-state index in [2.05, 4.69) is 31.9 Å². The minimum absolute atomic E-state index is 0.158. The highest BCUT2D eigenvalue weighted by Crippen LogP contribution is 2.37. The number of halogens is 1. The van der Waals surface area contributed by atoms with Crippen molar-refractivity contribution < 1.29 is 19.1 Å². The molecule has 0 saturated carbocycles. The highest BCUT2D eigenvalue weighted by Gasteiger charge is 2.19. The highest BCUT2D eigenvalue weighted by atomic mass is 79.9. The van der Waals surface area contributed by atoms with E-state index < -0.39 is 0 Å². The average Bonchev–Trinajstić information content (AvgIpc) is 2.68. The molecule has 2 aromatic carbocycles. The van der Waals surface area contributed by atoms with E-state index in [0.717, 1.165) is 10.0 Å². The largest absolute Gasteiger partial charge is 0.486 e. The minimum atomic E-state index is -0.346. The van der Waals surface area contributed by atoms with Crippen molar-refractivity contribution in [1.82, 2.24) is 10.6 Å². The van der Waals surface area contributed by atoms with Crippen LogP contribution in [0.2, 0.25) is 0 Å². The van der Waals surface area contributed by atoms with Crippen molar-refractivity contribution in [3.63, 3.8) is 0 Å². The molecule has 0 aliphatic carbocycles. The molecule has 1 aliphatic heterocycles. The molecule has 1 aliphatic rings. The molecule has 3 N–H and O–H groups in total. The van der Waals surface area contributed by atoms with E-state index in [-0.39, 0.29) is 30.9 Å². The maximum absolute atomic E-state index is 12.2. The number of anilines is 1. The first-order chi connectivity index (χ1) is 13.5. The van der Waals surface area contributed by atoms with Crippen molar-refractivity contribution in [1.29, 1.82) is 0 Å². The number of fused-ring (bicyclic) bond motifs is 1. The SMILES string of the molecule is CC(NC(=O)CCNC(=O)Nc1ccccc1)c1cc2c(cc1Br)OCCO2. The summed E-state index contributed by atoms with van der Waals surface area (Å²) in [4.78, 5) is 24.0. The van der Waals surface area contributed by atoms with Gasteiger partial charge in [-0.3, -0.25) is 4.79 Å². The van der Waals surface area contributed by atoms with Gasteiger partial charge >= 0.3 is 6.03 Å². The zero-order chi connectivity index (χ0) is 19.9. The van der Waals surface area contributed by atoms with Crippen molar-refractivity contribution in [3.8, 4) is 11.5 Å². The molecule has 3 amide bonds. The van der Waals surface area contributed by atoms with Crippen LogP contribution in [0.4, 0.5) is 10.5 Å². The quantitative estimate of drug-likeness (QED) is 0.630. The maximum atomic E-state index is 12.2. The van der Waals surface area contributed by atoms with Crippen LogP contribution in [0, 0.1) is 0 Å². The standard InChI is InChI=1S/C20H22BrN3O4/c1-13(15-11-17-18(12-16(15)21)28-10-9-27-17)23-19(25)7-8-22-20(26)24-14-5-3-2-4-6-14/h2-6,11-13H,7-10H2,1H3,(H,23,25)(H2,22,24,26). The molecule has 0 spiro atoms. The van der Waals surface area contributed by atoms with Gasteiger partial charge in [-0.2, -0.15) is 0 Å². The van der Waals surface area contributed by atoms with Crippen LogP contribution in [0.3, 0.4) is 0 Å². The molecule has 28 heavy (non-hydrogen) atoms. The first kappa shape index (κ1) is 20.0. The van der Waals surface area contributed by atoms with E-state index in [1.54, 1.807) is 12.1 Å². The Morgan fingerprint density at radius 3 is 2.50 bits per heavy atom. The van der Waals surface area contributed by atoms with Gasteiger partial charge in [-0.05, 0) is 36.8 Å². The Labute approximate surface area is 171 Å². The normalized spacial score (nSPS) is 13.4. The van der Waals surface area contributed by atoms with Crippen LogP contribution < -0.4 is 25.4 Å². The second kappa shape index (κ2) is 9.45. The summed E-state index contributed by atoms with van der Waals surface area (Å²) in [5, 5.41) is 8.31. The third-order valence-electron chi connectivity index (χ3n) is 4.17. The molecule has 8 heteroatoms. The van der Waals surface area contributed by atoms with Gasteiger partial charge in [0, 0.05) is 23.1 Å². The number of ether oxygens (including phenoxy) is 2. The Hall–Kier alpha value is -2.74. The fourth-order valence-corrected chi connectivity index (χ4v) is 3.46. The molecular weight excluding hydrogens is 426 g/mol. The zero-order valence-electron chi connectivity index (χ0n) is 15.5. The summed E-state index contributed by atoms with van der Waals surface area (Å²) >= 11 is 3.52. The lowest BCUT2D eigenvalue weighted by Crippen LogP contribution is -2.34. The zero-order valence-corrected chi connectivity index (χ0v) is 17.0. The first-order valence-corrected chi connectivity index (χ1v) is 9.80. The van der Waals surface area contributed by atoms with E-state index in [1.165, 1.54) is 0 Å². The summed E-state index contributed by atoms with van der Waals surface area (Å²) in [6.45, 7) is 3.16. The summed E-state index contributed by atoms with van der Waals surface area (Å²) < 4.78 is 12.0. The summed E-state index contributed by atoms with van der Waals surface area (Å²) in [5.41, 5.74) is 1.59. The predicted molar refractivity (Wildman–Crippen MR) is 110 cm³/mol. The second-order valence-electron chi connectivity index (χ2n) is 6.30. The van der Waals surface area contributed by atoms with Gasteiger partial charge in [0.15, 0.2) is 11.5 Å². The van der Waals surface area contributed by atoms with Gasteiger partial charge in [-0.1, -0.05) is 34.1 Å². The Bertz CT molecular complexity index is 845. The Morgan fingerprint density at radius 1 is 1.11 bits per heavy atom. The van der Waals surface area contributed by atoms with Gasteiger partial charge in [0.1, 0.15) is 13.2 Å². The molecule has 0 fully saturated rings. The monoisotopic (exact) mass is 447 g/mol. The fourth-order valence-electron chi connectivity index (χ4n) is 2.79. The predicted octanol–water partition coefficient (Wildman–Crippen LogP) is 3.61. The first-order valence-electron chi connectivity index (χ1n) is 9.01. The number of hydrogen-bond donors (Lipinski definition) is 3. The fraction of sp³-hybridized carbons (Fsp3) is 0.300. The summed E-state index contributed by atoms with van der Waals surface area (Å²) in [6.07, 6.45) is 0.175. The van der Waals surface area contributed by atoms with Crippen molar-refractivity contribution in [2.75, 3.05) is 25.1 Å². The van der Waals surface area contributed by atoms with Crippen molar-refractivity contribution >= 4 is 33.6 Å². The Balaban J connectivity index is 1.46. The van der Waals surface area contributed by atoms with Gasteiger partial charge in [0.05, 0.1) is 6.04 Å². The number of rotatable bonds is 6. The topological polar surface area (TPSA) is 88.7 Å². The van der Waals surface area contributed by atoms with Gasteiger partial charge in [0.2, 0.25) is 5.91 Å². The van der Waals surface area contributed by atoms with Crippen LogP contribution in [-0.4, -0.2) is 31.7 Å². The molecule has 2 aromatic rings. The number of amides is 3. The molecule has 3 rings (SSSR count). The van der Waals surface area contributed by atoms with Gasteiger partial charge in [-0.15, -0.1) is 0 Å². The molecule has 7 nitrogen and oxygen atoms in total. The maximum Gasteiger partial charge on any atom is 0.319 e. The number of urea groups is 1. The average molecular weight is 448 g/mol. The van der Waals surface area contributed by atoms with Crippen molar-refractivity contribution in [3.05, 3.63) is 52.5 Å². The highest BCUT2D eigenvalue weighted by molar-refractivity contribution is 9.10. The molecule has 0 radical (unpaired) electrons. The van der Waals surface area contributed by atoms with Crippen LogP contribution >= 0.6 is 15.9 Å². The third-order valence-corrected chi connectivity index (χ3v) is 4.86. The molecule has 0 bridgehead atoms. The van der Waals surface area contributed by atoms with E-state index in [1.807, 2.05) is 37.3 Å². The number of benzene rings is 2. The number of hydrogen-bond acceptors (Lipinski definition) is 4. The number of carbonyl (C=O) groups is 2.